The van der Waals surface area contributed by atoms with E-state index in [4.69, 9.17) is 23.2 Å². The summed E-state index contributed by atoms with van der Waals surface area (Å²) in [7, 11) is -1.91. The number of pyridine rings is 1. The van der Waals surface area contributed by atoms with Gasteiger partial charge < -0.3 is 0 Å². The third-order valence-corrected chi connectivity index (χ3v) is 5.23. The molecule has 0 bridgehead atoms. The Kier molecular flexibility index (Phi) is 4.57. The van der Waals surface area contributed by atoms with Crippen LogP contribution in [0.1, 0.15) is 17.0 Å². The minimum Gasteiger partial charge on any atom is -0.272 e. The molecule has 2 rings (SSSR count). The van der Waals surface area contributed by atoms with Gasteiger partial charge in [-0.3, -0.25) is 4.68 Å². The molecule has 0 unspecified atom stereocenters. The molecule has 6 nitrogen and oxygen atoms in total. The number of nitrogens with zero attached hydrogens (tertiary/aromatic N) is 3. The fourth-order valence-electron chi connectivity index (χ4n) is 1.87. The molecule has 0 spiro atoms. The van der Waals surface area contributed by atoms with Crippen molar-refractivity contribution in [3.05, 3.63) is 39.4 Å². The minimum absolute atomic E-state index is 0.0314. The third kappa shape index (κ3) is 3.37. The first kappa shape index (κ1) is 16.2. The molecule has 0 atom stereocenters. The topological polar surface area (TPSA) is 76.9 Å². The van der Waals surface area contributed by atoms with E-state index in [-0.39, 0.29) is 21.6 Å². The molecular weight excluding hydrogens is 335 g/mol. The molecule has 0 aliphatic carbocycles. The molecule has 0 aliphatic heterocycles. The Morgan fingerprint density at radius 3 is 2.52 bits per heavy atom. The molecule has 2 aromatic rings. The summed E-state index contributed by atoms with van der Waals surface area (Å²) in [6, 6.07) is 1.27. The molecule has 114 valence electrons. The van der Waals surface area contributed by atoms with Crippen LogP contribution in [0.2, 0.25) is 10.2 Å². The molecule has 0 aromatic carbocycles. The molecule has 0 fully saturated rings. The summed E-state index contributed by atoms with van der Waals surface area (Å²) < 4.78 is 28.7. The van der Waals surface area contributed by atoms with Gasteiger partial charge in [0.1, 0.15) is 10.0 Å². The van der Waals surface area contributed by atoms with Crippen LogP contribution in [-0.4, -0.2) is 23.2 Å². The lowest BCUT2D eigenvalue weighted by Crippen LogP contribution is -2.24. The SMILES string of the molecule is Cc1nn(C)c(C)c1CNS(=O)(=O)c1cnc(Cl)c(Cl)c1. The van der Waals surface area contributed by atoms with Crippen molar-refractivity contribution in [3.63, 3.8) is 0 Å². The fraction of sp³-hybridized carbons (Fsp3) is 0.333. The maximum Gasteiger partial charge on any atom is 0.242 e. The van der Waals surface area contributed by atoms with Gasteiger partial charge in [0, 0.05) is 31.0 Å². The zero-order valence-corrected chi connectivity index (χ0v) is 14.0. The number of nitrogens with one attached hydrogen (secondary N) is 1. The van der Waals surface area contributed by atoms with E-state index in [1.807, 2.05) is 20.9 Å². The molecule has 0 amide bonds. The van der Waals surface area contributed by atoms with Gasteiger partial charge in [-0.1, -0.05) is 23.2 Å². The predicted molar refractivity (Wildman–Crippen MR) is 81.0 cm³/mol. The van der Waals surface area contributed by atoms with Gasteiger partial charge in [0.05, 0.1) is 10.7 Å². The first-order valence-electron chi connectivity index (χ1n) is 6.02. The molecule has 2 aromatic heterocycles. The third-order valence-electron chi connectivity index (χ3n) is 3.18. The zero-order chi connectivity index (χ0) is 15.8. The Hall–Kier alpha value is -1.15. The highest BCUT2D eigenvalue weighted by atomic mass is 35.5. The molecule has 0 saturated carbocycles. The summed E-state index contributed by atoms with van der Waals surface area (Å²) in [6.07, 6.45) is 1.17. The van der Waals surface area contributed by atoms with E-state index in [1.54, 1.807) is 4.68 Å². The van der Waals surface area contributed by atoms with Crippen LogP contribution in [0.25, 0.3) is 0 Å². The summed E-state index contributed by atoms with van der Waals surface area (Å²) in [5.74, 6) is 0. The first-order valence-corrected chi connectivity index (χ1v) is 8.26. The van der Waals surface area contributed by atoms with Crippen molar-refractivity contribution < 1.29 is 8.42 Å². The van der Waals surface area contributed by atoms with Gasteiger partial charge in [-0.15, -0.1) is 0 Å². The van der Waals surface area contributed by atoms with E-state index in [0.717, 1.165) is 17.0 Å². The molecule has 1 N–H and O–H groups in total. The highest BCUT2D eigenvalue weighted by Gasteiger charge is 2.18. The van der Waals surface area contributed by atoms with Crippen molar-refractivity contribution in [1.82, 2.24) is 19.5 Å². The summed E-state index contributed by atoms with van der Waals surface area (Å²) in [5, 5.41) is 4.40. The maximum absolute atomic E-state index is 12.2. The average molecular weight is 349 g/mol. The highest BCUT2D eigenvalue weighted by Crippen LogP contribution is 2.22. The normalized spacial score (nSPS) is 11.9. The number of aryl methyl sites for hydroxylation is 2. The van der Waals surface area contributed by atoms with Crippen LogP contribution in [0.4, 0.5) is 0 Å². The van der Waals surface area contributed by atoms with Gasteiger partial charge in [-0.25, -0.2) is 18.1 Å². The van der Waals surface area contributed by atoms with Crippen molar-refractivity contribution in [3.8, 4) is 0 Å². The van der Waals surface area contributed by atoms with E-state index in [0.29, 0.717) is 0 Å². The van der Waals surface area contributed by atoms with Gasteiger partial charge in [0.25, 0.3) is 0 Å². The second-order valence-corrected chi connectivity index (χ2v) is 7.07. The lowest BCUT2D eigenvalue weighted by atomic mass is 10.2. The zero-order valence-electron chi connectivity index (χ0n) is 11.7. The Morgan fingerprint density at radius 1 is 1.33 bits per heavy atom. The number of hydrogen-bond acceptors (Lipinski definition) is 4. The van der Waals surface area contributed by atoms with Crippen molar-refractivity contribution in [2.24, 2.45) is 7.05 Å². The number of halogens is 2. The van der Waals surface area contributed by atoms with Crippen LogP contribution in [0.15, 0.2) is 17.2 Å². The number of rotatable bonds is 4. The van der Waals surface area contributed by atoms with Crippen molar-refractivity contribution >= 4 is 33.2 Å². The standard InChI is InChI=1S/C12H14Cl2N4O2S/c1-7-10(8(2)18(3)17-7)6-16-21(19,20)9-4-11(13)12(14)15-5-9/h4-5,16H,6H2,1-3H3. The molecule has 0 aliphatic rings. The lowest BCUT2D eigenvalue weighted by molar-refractivity contribution is 0.580. The van der Waals surface area contributed by atoms with E-state index >= 15 is 0 Å². The van der Waals surface area contributed by atoms with Crippen LogP contribution in [0.5, 0.6) is 0 Å². The Bertz CT molecular complexity index is 787. The highest BCUT2D eigenvalue weighted by molar-refractivity contribution is 7.89. The molecule has 0 radical (unpaired) electrons. The van der Waals surface area contributed by atoms with Gasteiger partial charge in [-0.05, 0) is 19.9 Å². The average Bonchev–Trinajstić information content (AvgIpc) is 2.64. The molecule has 21 heavy (non-hydrogen) atoms. The monoisotopic (exact) mass is 348 g/mol. The Labute approximate surface area is 133 Å². The Balaban J connectivity index is 2.23. The van der Waals surface area contributed by atoms with E-state index in [9.17, 15) is 8.42 Å². The van der Waals surface area contributed by atoms with Crippen LogP contribution >= 0.6 is 23.2 Å². The molecular formula is C12H14Cl2N4O2S. The van der Waals surface area contributed by atoms with Crippen LogP contribution in [0, 0.1) is 13.8 Å². The van der Waals surface area contributed by atoms with Crippen molar-refractivity contribution in [2.45, 2.75) is 25.3 Å². The van der Waals surface area contributed by atoms with Gasteiger partial charge in [0.15, 0.2) is 0 Å². The number of hydrogen-bond donors (Lipinski definition) is 1. The summed E-state index contributed by atoms with van der Waals surface area (Å²) in [4.78, 5) is 3.71. The summed E-state index contributed by atoms with van der Waals surface area (Å²) >= 11 is 11.5. The van der Waals surface area contributed by atoms with Gasteiger partial charge >= 0.3 is 0 Å². The number of sulfonamides is 1. The molecule has 0 saturated heterocycles. The van der Waals surface area contributed by atoms with Crippen LogP contribution < -0.4 is 4.72 Å². The van der Waals surface area contributed by atoms with Crippen molar-refractivity contribution in [1.29, 1.82) is 0 Å². The largest absolute Gasteiger partial charge is 0.272 e. The second kappa shape index (κ2) is 5.92. The predicted octanol–water partition coefficient (Wildman–Crippen LogP) is 2.22. The maximum atomic E-state index is 12.2. The second-order valence-electron chi connectivity index (χ2n) is 4.54. The molecule has 9 heteroatoms. The van der Waals surface area contributed by atoms with E-state index in [2.05, 4.69) is 14.8 Å². The lowest BCUT2D eigenvalue weighted by Gasteiger charge is -2.07. The van der Waals surface area contributed by atoms with E-state index in [1.165, 1.54) is 12.3 Å². The van der Waals surface area contributed by atoms with Gasteiger partial charge in [-0.2, -0.15) is 5.10 Å². The Morgan fingerprint density at radius 2 is 2.00 bits per heavy atom. The van der Waals surface area contributed by atoms with Crippen molar-refractivity contribution in [2.75, 3.05) is 0 Å². The quantitative estimate of drug-likeness (QED) is 0.859. The molecule has 2 heterocycles. The number of aromatic nitrogens is 3. The van der Waals surface area contributed by atoms with Crippen LogP contribution in [-0.2, 0) is 23.6 Å². The van der Waals surface area contributed by atoms with E-state index < -0.39 is 10.0 Å². The smallest absolute Gasteiger partial charge is 0.242 e. The first-order chi connectivity index (χ1) is 9.72. The summed E-state index contributed by atoms with van der Waals surface area (Å²) in [6.45, 7) is 3.86. The minimum atomic E-state index is -3.71. The fourth-order valence-corrected chi connectivity index (χ4v) is 3.17. The van der Waals surface area contributed by atoms with Crippen LogP contribution in [0.3, 0.4) is 0 Å². The van der Waals surface area contributed by atoms with Gasteiger partial charge in [0.2, 0.25) is 10.0 Å². The summed E-state index contributed by atoms with van der Waals surface area (Å²) in [5.41, 5.74) is 2.53.